The van der Waals surface area contributed by atoms with Crippen LogP contribution in [0.15, 0.2) is 42.5 Å². The number of amides is 1. The lowest BCUT2D eigenvalue weighted by atomic mass is 10.1. The molecule has 0 aliphatic heterocycles. The van der Waals surface area contributed by atoms with Crippen molar-refractivity contribution >= 4 is 17.6 Å². The molecular weight excluding hydrogens is 273 g/mol. The van der Waals surface area contributed by atoms with Crippen molar-refractivity contribution < 1.29 is 18.7 Å². The molecule has 5 heteroatoms. The maximum absolute atomic E-state index is 13.6. The van der Waals surface area contributed by atoms with Gasteiger partial charge in [0.2, 0.25) is 0 Å². The number of nitrogens with one attached hydrogen (secondary N) is 1. The molecular formula is C16H14FNO3. The zero-order chi connectivity index (χ0) is 15.4. The SMILES string of the molecule is COC(=O)c1cccc(NC(=O)c2ccccc2F)c1C. The zero-order valence-electron chi connectivity index (χ0n) is 11.6. The number of rotatable bonds is 3. The molecule has 2 aromatic rings. The number of carbonyl (C=O) groups is 2. The first-order valence-electron chi connectivity index (χ1n) is 6.28. The molecule has 1 N–H and O–H groups in total. The van der Waals surface area contributed by atoms with Crippen LogP contribution < -0.4 is 5.32 Å². The van der Waals surface area contributed by atoms with Gasteiger partial charge in [0.15, 0.2) is 0 Å². The van der Waals surface area contributed by atoms with E-state index in [1.165, 1.54) is 25.3 Å². The summed E-state index contributed by atoms with van der Waals surface area (Å²) in [4.78, 5) is 23.7. The molecule has 0 fully saturated rings. The Kier molecular flexibility index (Phi) is 4.33. The summed E-state index contributed by atoms with van der Waals surface area (Å²) in [5.74, 6) is -1.66. The smallest absolute Gasteiger partial charge is 0.338 e. The van der Waals surface area contributed by atoms with E-state index in [4.69, 9.17) is 0 Å². The highest BCUT2D eigenvalue weighted by molar-refractivity contribution is 6.05. The fraction of sp³-hybridized carbons (Fsp3) is 0.125. The van der Waals surface area contributed by atoms with Crippen molar-refractivity contribution in [2.45, 2.75) is 6.92 Å². The van der Waals surface area contributed by atoms with Gasteiger partial charge < -0.3 is 10.1 Å². The lowest BCUT2D eigenvalue weighted by Gasteiger charge is -2.11. The summed E-state index contributed by atoms with van der Waals surface area (Å²) >= 11 is 0. The lowest BCUT2D eigenvalue weighted by molar-refractivity contribution is 0.0599. The standard InChI is InChI=1S/C16H14FNO3/c1-10-11(16(20)21-2)7-5-9-14(10)18-15(19)12-6-3-4-8-13(12)17/h3-9H,1-2H3,(H,18,19). The third-order valence-corrected chi connectivity index (χ3v) is 3.11. The second-order valence-electron chi connectivity index (χ2n) is 4.40. The highest BCUT2D eigenvalue weighted by atomic mass is 19.1. The van der Waals surface area contributed by atoms with Crippen molar-refractivity contribution in [2.24, 2.45) is 0 Å². The van der Waals surface area contributed by atoms with Gasteiger partial charge in [-0.05, 0) is 36.8 Å². The Bertz CT molecular complexity index is 698. The van der Waals surface area contributed by atoms with Crippen LogP contribution in [0.5, 0.6) is 0 Å². The molecule has 0 spiro atoms. The minimum Gasteiger partial charge on any atom is -0.465 e. The van der Waals surface area contributed by atoms with Crippen molar-refractivity contribution in [3.05, 3.63) is 65.0 Å². The minimum atomic E-state index is -0.600. The van der Waals surface area contributed by atoms with Gasteiger partial charge in [-0.2, -0.15) is 0 Å². The van der Waals surface area contributed by atoms with Crippen molar-refractivity contribution in [1.29, 1.82) is 0 Å². The Hall–Kier alpha value is -2.69. The van der Waals surface area contributed by atoms with Crippen LogP contribution in [0.3, 0.4) is 0 Å². The average Bonchev–Trinajstić information content (AvgIpc) is 2.49. The molecule has 1 amide bonds. The number of ether oxygens (including phenoxy) is 1. The number of benzene rings is 2. The lowest BCUT2D eigenvalue weighted by Crippen LogP contribution is -2.15. The van der Waals surface area contributed by atoms with E-state index in [-0.39, 0.29) is 5.56 Å². The summed E-state index contributed by atoms with van der Waals surface area (Å²) in [5.41, 5.74) is 1.30. The molecule has 0 unspecified atom stereocenters. The summed E-state index contributed by atoms with van der Waals surface area (Å²) < 4.78 is 18.2. The number of carbonyl (C=O) groups excluding carboxylic acids is 2. The van der Waals surface area contributed by atoms with Crippen LogP contribution in [0.1, 0.15) is 26.3 Å². The van der Waals surface area contributed by atoms with Crippen LogP contribution in [0.2, 0.25) is 0 Å². The zero-order valence-corrected chi connectivity index (χ0v) is 11.6. The van der Waals surface area contributed by atoms with Crippen molar-refractivity contribution in [3.63, 3.8) is 0 Å². The molecule has 4 nitrogen and oxygen atoms in total. The predicted molar refractivity (Wildman–Crippen MR) is 76.9 cm³/mol. The maximum Gasteiger partial charge on any atom is 0.338 e. The van der Waals surface area contributed by atoms with E-state index >= 15 is 0 Å². The first-order chi connectivity index (χ1) is 10.0. The van der Waals surface area contributed by atoms with Gasteiger partial charge in [-0.1, -0.05) is 18.2 Å². The highest BCUT2D eigenvalue weighted by Crippen LogP contribution is 2.21. The normalized spacial score (nSPS) is 10.0. The molecule has 2 aromatic carbocycles. The molecule has 108 valence electrons. The summed E-state index contributed by atoms with van der Waals surface area (Å²) in [5, 5.41) is 2.60. The van der Waals surface area contributed by atoms with Gasteiger partial charge in [-0.3, -0.25) is 4.79 Å². The number of anilines is 1. The topological polar surface area (TPSA) is 55.4 Å². The van der Waals surface area contributed by atoms with Gasteiger partial charge in [0.25, 0.3) is 5.91 Å². The van der Waals surface area contributed by atoms with Crippen LogP contribution in [0, 0.1) is 12.7 Å². The van der Waals surface area contributed by atoms with E-state index in [1.807, 2.05) is 0 Å². The van der Waals surface area contributed by atoms with Crippen LogP contribution in [0.4, 0.5) is 10.1 Å². The van der Waals surface area contributed by atoms with Gasteiger partial charge in [0.1, 0.15) is 5.82 Å². The first-order valence-corrected chi connectivity index (χ1v) is 6.28. The monoisotopic (exact) mass is 287 g/mol. The molecule has 21 heavy (non-hydrogen) atoms. The number of hydrogen-bond acceptors (Lipinski definition) is 3. The van der Waals surface area contributed by atoms with Crippen molar-refractivity contribution in [3.8, 4) is 0 Å². The molecule has 0 heterocycles. The van der Waals surface area contributed by atoms with E-state index in [1.54, 1.807) is 31.2 Å². The molecule has 0 saturated carbocycles. The van der Waals surface area contributed by atoms with Crippen molar-refractivity contribution in [2.75, 3.05) is 12.4 Å². The van der Waals surface area contributed by atoms with E-state index in [0.29, 0.717) is 16.8 Å². The molecule has 0 aromatic heterocycles. The Morgan fingerprint density at radius 1 is 1.05 bits per heavy atom. The predicted octanol–water partition coefficient (Wildman–Crippen LogP) is 3.17. The van der Waals surface area contributed by atoms with E-state index in [0.717, 1.165) is 0 Å². The Labute approximate surface area is 121 Å². The fourth-order valence-electron chi connectivity index (χ4n) is 1.94. The van der Waals surface area contributed by atoms with Crippen LogP contribution in [-0.4, -0.2) is 19.0 Å². The summed E-state index contributed by atoms with van der Waals surface area (Å²) in [7, 11) is 1.28. The molecule has 0 saturated heterocycles. The average molecular weight is 287 g/mol. The number of methoxy groups -OCH3 is 1. The molecule has 0 bridgehead atoms. The van der Waals surface area contributed by atoms with E-state index < -0.39 is 17.7 Å². The van der Waals surface area contributed by atoms with Crippen LogP contribution in [-0.2, 0) is 4.74 Å². The third-order valence-electron chi connectivity index (χ3n) is 3.11. The largest absolute Gasteiger partial charge is 0.465 e. The summed E-state index contributed by atoms with van der Waals surface area (Å²) in [6.07, 6.45) is 0. The minimum absolute atomic E-state index is 0.0552. The first kappa shape index (κ1) is 14.7. The second-order valence-corrected chi connectivity index (χ2v) is 4.40. The third kappa shape index (κ3) is 3.08. The summed E-state index contributed by atoms with van der Waals surface area (Å²) in [6.45, 7) is 1.68. The van der Waals surface area contributed by atoms with Gasteiger partial charge in [0, 0.05) is 5.69 Å². The van der Waals surface area contributed by atoms with Gasteiger partial charge >= 0.3 is 5.97 Å². The molecule has 0 atom stereocenters. The van der Waals surface area contributed by atoms with E-state index in [9.17, 15) is 14.0 Å². The van der Waals surface area contributed by atoms with Gasteiger partial charge in [-0.25, -0.2) is 9.18 Å². The van der Waals surface area contributed by atoms with Gasteiger partial charge in [0.05, 0.1) is 18.2 Å². The molecule has 0 aliphatic carbocycles. The van der Waals surface area contributed by atoms with Crippen molar-refractivity contribution in [1.82, 2.24) is 0 Å². The quantitative estimate of drug-likeness (QED) is 0.882. The number of esters is 1. The molecule has 0 aliphatic rings. The second kappa shape index (κ2) is 6.17. The number of halogens is 1. The maximum atomic E-state index is 13.6. The molecule has 0 radical (unpaired) electrons. The fourth-order valence-corrected chi connectivity index (χ4v) is 1.94. The molecule has 2 rings (SSSR count). The Morgan fingerprint density at radius 2 is 1.71 bits per heavy atom. The van der Waals surface area contributed by atoms with E-state index in [2.05, 4.69) is 10.1 Å². The summed E-state index contributed by atoms with van der Waals surface area (Å²) in [6, 6.07) is 10.6. The highest BCUT2D eigenvalue weighted by Gasteiger charge is 2.15. The van der Waals surface area contributed by atoms with Gasteiger partial charge in [-0.15, -0.1) is 0 Å². The number of hydrogen-bond donors (Lipinski definition) is 1. The van der Waals surface area contributed by atoms with Crippen LogP contribution >= 0.6 is 0 Å². The van der Waals surface area contributed by atoms with Crippen LogP contribution in [0.25, 0.3) is 0 Å². The Balaban J connectivity index is 2.30. The Morgan fingerprint density at radius 3 is 2.38 bits per heavy atom.